The molecule has 0 unspecified atom stereocenters. The van der Waals surface area contributed by atoms with E-state index in [1.165, 1.54) is 0 Å². The number of esters is 1. The van der Waals surface area contributed by atoms with Gasteiger partial charge < -0.3 is 9.64 Å². The summed E-state index contributed by atoms with van der Waals surface area (Å²) in [5.41, 5.74) is 5.37. The Hall–Kier alpha value is -4.38. The van der Waals surface area contributed by atoms with Crippen LogP contribution in [0.2, 0.25) is 0 Å². The van der Waals surface area contributed by atoms with Crippen LogP contribution in [0.3, 0.4) is 0 Å². The summed E-state index contributed by atoms with van der Waals surface area (Å²) in [6.07, 6.45) is 0. The average molecular weight is 469 g/mol. The molecule has 3 aromatic carbocycles. The number of anilines is 1. The van der Waals surface area contributed by atoms with E-state index in [0.717, 1.165) is 22.6 Å². The van der Waals surface area contributed by atoms with Crippen LogP contribution in [0.15, 0.2) is 87.2 Å². The van der Waals surface area contributed by atoms with Crippen molar-refractivity contribution in [1.82, 2.24) is 0 Å². The molecule has 8 nitrogen and oxygen atoms in total. The first-order chi connectivity index (χ1) is 16.9. The molecule has 3 aromatic rings. The van der Waals surface area contributed by atoms with E-state index < -0.39 is 0 Å². The Labute approximate surface area is 205 Å². The number of carbonyl (C=O) groups excluding carboxylic acids is 1. The molecule has 0 saturated heterocycles. The molecule has 0 N–H and O–H groups in total. The quantitative estimate of drug-likeness (QED) is 0.242. The van der Waals surface area contributed by atoms with Crippen LogP contribution in [0, 0.1) is 24.2 Å². The maximum atomic E-state index is 11.6. The van der Waals surface area contributed by atoms with E-state index in [4.69, 9.17) is 10.00 Å². The number of carbonyl (C=O) groups is 1. The first-order valence-electron chi connectivity index (χ1n) is 11.3. The number of nitrogens with zero attached hydrogens (tertiary/aromatic N) is 6. The SMILES string of the molecule is Cc1cc(N=Nc2ccc(C#N)cc2)ccc1N=Nc1ccc(N(C)CCOC(=O)C(C)C)cc1. The standard InChI is InChI=1S/C27H28N6O2/c1-19(2)27(34)35-16-15-33(4)25-12-9-23(10-13-25)30-32-26-14-11-24(17-20(26)3)31-29-22-7-5-21(18-28)6-8-22/h5-14,17,19H,15-16H2,1-4H3. The Morgan fingerprint density at radius 2 is 1.49 bits per heavy atom. The summed E-state index contributed by atoms with van der Waals surface area (Å²) < 4.78 is 5.24. The van der Waals surface area contributed by atoms with Gasteiger partial charge in [0.05, 0.1) is 46.8 Å². The second-order valence-electron chi connectivity index (χ2n) is 8.29. The topological polar surface area (TPSA) is 103 Å². The largest absolute Gasteiger partial charge is 0.464 e. The summed E-state index contributed by atoms with van der Waals surface area (Å²) in [6, 6.07) is 22.3. The molecule has 0 bridgehead atoms. The molecule has 178 valence electrons. The maximum absolute atomic E-state index is 11.6. The number of likely N-dealkylation sites (N-methyl/N-ethyl adjacent to an activating group) is 1. The van der Waals surface area contributed by atoms with Crippen molar-refractivity contribution in [3.63, 3.8) is 0 Å². The molecule has 0 aromatic heterocycles. The Bertz CT molecular complexity index is 1240. The summed E-state index contributed by atoms with van der Waals surface area (Å²) in [5.74, 6) is -0.310. The van der Waals surface area contributed by atoms with Gasteiger partial charge in [0.1, 0.15) is 6.61 Å². The molecule has 0 saturated carbocycles. The number of azo groups is 2. The Morgan fingerprint density at radius 1 is 0.914 bits per heavy atom. The number of ether oxygens (including phenoxy) is 1. The van der Waals surface area contributed by atoms with Crippen molar-refractivity contribution in [2.75, 3.05) is 25.1 Å². The minimum atomic E-state index is -0.188. The van der Waals surface area contributed by atoms with Gasteiger partial charge in [-0.15, -0.1) is 0 Å². The van der Waals surface area contributed by atoms with Crippen LogP contribution < -0.4 is 4.90 Å². The molecule has 8 heteroatoms. The highest BCUT2D eigenvalue weighted by atomic mass is 16.5. The predicted molar refractivity (Wildman–Crippen MR) is 136 cm³/mol. The molecule has 0 spiro atoms. The van der Waals surface area contributed by atoms with E-state index in [0.29, 0.717) is 30.1 Å². The van der Waals surface area contributed by atoms with E-state index in [2.05, 4.69) is 26.5 Å². The van der Waals surface area contributed by atoms with Gasteiger partial charge in [-0.25, -0.2) is 0 Å². The number of hydrogen-bond acceptors (Lipinski definition) is 8. The third kappa shape index (κ3) is 7.57. The summed E-state index contributed by atoms with van der Waals surface area (Å²) in [4.78, 5) is 13.6. The number of rotatable bonds is 9. The molecule has 0 aliphatic rings. The van der Waals surface area contributed by atoms with Crippen LogP contribution in [0.5, 0.6) is 0 Å². The Balaban J connectivity index is 1.57. The molecular formula is C27H28N6O2. The van der Waals surface area contributed by atoms with Crippen LogP contribution in [0.25, 0.3) is 0 Å². The lowest BCUT2D eigenvalue weighted by molar-refractivity contribution is -0.146. The van der Waals surface area contributed by atoms with Crippen molar-refractivity contribution in [3.8, 4) is 6.07 Å². The minimum absolute atomic E-state index is 0.122. The van der Waals surface area contributed by atoms with Crippen LogP contribution in [-0.4, -0.2) is 26.2 Å². The molecule has 0 radical (unpaired) electrons. The van der Waals surface area contributed by atoms with E-state index in [9.17, 15) is 4.79 Å². The molecule has 0 atom stereocenters. The van der Waals surface area contributed by atoms with Crippen molar-refractivity contribution in [2.24, 2.45) is 26.4 Å². The van der Waals surface area contributed by atoms with Crippen LogP contribution >= 0.6 is 0 Å². The average Bonchev–Trinajstić information content (AvgIpc) is 2.87. The van der Waals surface area contributed by atoms with Gasteiger partial charge in [0, 0.05) is 12.7 Å². The van der Waals surface area contributed by atoms with Crippen molar-refractivity contribution < 1.29 is 9.53 Å². The number of benzene rings is 3. The third-order valence-corrected chi connectivity index (χ3v) is 5.16. The van der Waals surface area contributed by atoms with Gasteiger partial charge in [-0.2, -0.15) is 25.7 Å². The van der Waals surface area contributed by atoms with E-state index in [1.54, 1.807) is 24.3 Å². The van der Waals surface area contributed by atoms with Gasteiger partial charge >= 0.3 is 5.97 Å². The van der Waals surface area contributed by atoms with Gasteiger partial charge in [0.25, 0.3) is 0 Å². The lowest BCUT2D eigenvalue weighted by atomic mass is 10.2. The summed E-state index contributed by atoms with van der Waals surface area (Å²) in [7, 11) is 1.95. The van der Waals surface area contributed by atoms with Crippen molar-refractivity contribution >= 4 is 34.4 Å². The molecule has 0 aliphatic carbocycles. The molecule has 35 heavy (non-hydrogen) atoms. The predicted octanol–water partition coefficient (Wildman–Crippen LogP) is 7.33. The first-order valence-corrected chi connectivity index (χ1v) is 11.3. The fourth-order valence-electron chi connectivity index (χ4n) is 3.00. The second-order valence-corrected chi connectivity index (χ2v) is 8.29. The van der Waals surface area contributed by atoms with Gasteiger partial charge in [-0.1, -0.05) is 13.8 Å². The highest BCUT2D eigenvalue weighted by molar-refractivity contribution is 5.71. The summed E-state index contributed by atoms with van der Waals surface area (Å²) in [5, 5.41) is 26.0. The zero-order valence-corrected chi connectivity index (χ0v) is 20.3. The van der Waals surface area contributed by atoms with E-state index in [-0.39, 0.29) is 11.9 Å². The fourth-order valence-corrected chi connectivity index (χ4v) is 3.00. The van der Waals surface area contributed by atoms with Crippen LogP contribution in [-0.2, 0) is 9.53 Å². The lowest BCUT2D eigenvalue weighted by Crippen LogP contribution is -2.25. The van der Waals surface area contributed by atoms with Crippen molar-refractivity contribution in [2.45, 2.75) is 20.8 Å². The summed E-state index contributed by atoms with van der Waals surface area (Å²) in [6.45, 7) is 6.53. The smallest absolute Gasteiger partial charge is 0.308 e. The maximum Gasteiger partial charge on any atom is 0.308 e. The Kier molecular flexibility index (Phi) is 8.79. The van der Waals surface area contributed by atoms with Gasteiger partial charge in [-0.3, -0.25) is 4.79 Å². The summed E-state index contributed by atoms with van der Waals surface area (Å²) >= 11 is 0. The second kappa shape index (κ2) is 12.2. The number of nitriles is 1. The van der Waals surface area contributed by atoms with Crippen molar-refractivity contribution in [3.05, 3.63) is 77.9 Å². The monoisotopic (exact) mass is 468 g/mol. The molecular weight excluding hydrogens is 440 g/mol. The van der Waals surface area contributed by atoms with E-state index in [1.807, 2.05) is 75.2 Å². The highest BCUT2D eigenvalue weighted by Gasteiger charge is 2.09. The molecule has 3 rings (SSSR count). The number of aryl methyl sites for hydroxylation is 1. The van der Waals surface area contributed by atoms with E-state index >= 15 is 0 Å². The zero-order valence-electron chi connectivity index (χ0n) is 20.3. The Morgan fingerprint density at radius 3 is 2.09 bits per heavy atom. The normalized spacial score (nSPS) is 11.2. The number of hydrogen-bond donors (Lipinski definition) is 0. The molecule has 0 amide bonds. The van der Waals surface area contributed by atoms with Gasteiger partial charge in [-0.05, 0) is 79.2 Å². The molecule has 0 heterocycles. The zero-order chi connectivity index (χ0) is 25.2. The lowest BCUT2D eigenvalue weighted by Gasteiger charge is -2.19. The fraction of sp³-hybridized carbons (Fsp3) is 0.259. The minimum Gasteiger partial charge on any atom is -0.464 e. The van der Waals surface area contributed by atoms with Crippen LogP contribution in [0.1, 0.15) is 25.0 Å². The van der Waals surface area contributed by atoms with Gasteiger partial charge in [0.2, 0.25) is 0 Å². The van der Waals surface area contributed by atoms with Crippen molar-refractivity contribution in [1.29, 1.82) is 5.26 Å². The highest BCUT2D eigenvalue weighted by Crippen LogP contribution is 2.28. The van der Waals surface area contributed by atoms with Gasteiger partial charge in [0.15, 0.2) is 0 Å². The molecule has 0 fully saturated rings. The van der Waals surface area contributed by atoms with Crippen LogP contribution in [0.4, 0.5) is 28.4 Å². The third-order valence-electron chi connectivity index (χ3n) is 5.16. The first kappa shape index (κ1) is 25.2. The molecule has 0 aliphatic heterocycles.